The van der Waals surface area contributed by atoms with Crippen LogP contribution in [0.15, 0.2) is 53.9 Å². The van der Waals surface area contributed by atoms with Gasteiger partial charge in [0.05, 0.1) is 11.4 Å². The maximum Gasteiger partial charge on any atom is 0.135 e. The van der Waals surface area contributed by atoms with Crippen LogP contribution in [0.5, 0.6) is 0 Å². The topological polar surface area (TPSA) is 50.2 Å². The maximum atomic E-state index is 4.52. The molecule has 4 nitrogen and oxygen atoms in total. The highest BCUT2D eigenvalue weighted by molar-refractivity contribution is 7.97. The zero-order valence-electron chi connectivity index (χ0n) is 14.3. The summed E-state index contributed by atoms with van der Waals surface area (Å²) in [5.41, 5.74) is 2.42. The fourth-order valence-corrected chi connectivity index (χ4v) is 2.93. The van der Waals surface area contributed by atoms with E-state index in [-0.39, 0.29) is 0 Å². The predicted molar refractivity (Wildman–Crippen MR) is 103 cm³/mol. The number of hydrogen-bond acceptors (Lipinski definition) is 5. The highest BCUT2D eigenvalue weighted by Crippen LogP contribution is 2.09. The van der Waals surface area contributed by atoms with Crippen LogP contribution in [-0.4, -0.2) is 21.4 Å². The molecule has 0 aliphatic heterocycles. The third kappa shape index (κ3) is 6.71. The molecule has 0 bridgehead atoms. The number of hydrazone groups is 1. The van der Waals surface area contributed by atoms with E-state index < -0.39 is 0 Å². The molecule has 0 saturated carbocycles. The average molecular weight is 343 g/mol. The standard InChI is InChI=1S/C19H26N4S/c1-2-3-4-5-6-11-16-24-23-22-19(17-12-7-9-14-20-17)18-13-8-10-15-21-18/h7-10,12-15,23H,2-6,11,16H2,1H3. The summed E-state index contributed by atoms with van der Waals surface area (Å²) < 4.78 is 0. The Bertz CT molecular complexity index is 545. The first-order valence-corrected chi connectivity index (χ1v) is 9.67. The van der Waals surface area contributed by atoms with E-state index in [4.69, 9.17) is 0 Å². The smallest absolute Gasteiger partial charge is 0.135 e. The lowest BCUT2D eigenvalue weighted by molar-refractivity contribution is 0.626. The number of rotatable bonds is 11. The molecule has 0 atom stereocenters. The van der Waals surface area contributed by atoms with Gasteiger partial charge >= 0.3 is 0 Å². The lowest BCUT2D eigenvalue weighted by atomic mass is 10.1. The van der Waals surface area contributed by atoms with Crippen LogP contribution in [0.25, 0.3) is 0 Å². The molecule has 0 fully saturated rings. The van der Waals surface area contributed by atoms with Crippen molar-refractivity contribution in [1.29, 1.82) is 0 Å². The van der Waals surface area contributed by atoms with E-state index >= 15 is 0 Å². The van der Waals surface area contributed by atoms with E-state index in [2.05, 4.69) is 26.8 Å². The van der Waals surface area contributed by atoms with Crippen LogP contribution in [0.2, 0.25) is 0 Å². The summed E-state index contributed by atoms with van der Waals surface area (Å²) in [5, 5.41) is 4.52. The largest absolute Gasteiger partial charge is 0.254 e. The predicted octanol–water partition coefficient (Wildman–Crippen LogP) is 4.83. The Morgan fingerprint density at radius 2 is 1.54 bits per heavy atom. The van der Waals surface area contributed by atoms with Gasteiger partial charge in [-0.3, -0.25) is 14.8 Å². The Labute approximate surface area is 149 Å². The van der Waals surface area contributed by atoms with Gasteiger partial charge in [0.2, 0.25) is 0 Å². The minimum Gasteiger partial charge on any atom is -0.254 e. The van der Waals surface area contributed by atoms with Crippen molar-refractivity contribution in [1.82, 2.24) is 14.8 Å². The summed E-state index contributed by atoms with van der Waals surface area (Å²) in [7, 11) is 0. The monoisotopic (exact) mass is 342 g/mol. The van der Waals surface area contributed by atoms with Crippen LogP contribution in [0.4, 0.5) is 0 Å². The van der Waals surface area contributed by atoms with Crippen molar-refractivity contribution in [3.8, 4) is 0 Å². The second-order valence-electron chi connectivity index (χ2n) is 5.60. The van der Waals surface area contributed by atoms with Gasteiger partial charge in [-0.15, -0.1) is 0 Å². The highest BCUT2D eigenvalue weighted by atomic mass is 32.2. The van der Waals surface area contributed by atoms with Crippen LogP contribution >= 0.6 is 11.9 Å². The lowest BCUT2D eigenvalue weighted by Gasteiger charge is -2.06. The summed E-state index contributed by atoms with van der Waals surface area (Å²) in [4.78, 5) is 11.9. The Balaban J connectivity index is 1.84. The van der Waals surface area contributed by atoms with E-state index in [0.717, 1.165) is 22.9 Å². The van der Waals surface area contributed by atoms with Crippen molar-refractivity contribution in [3.63, 3.8) is 0 Å². The summed E-state index contributed by atoms with van der Waals surface area (Å²) in [5.74, 6) is 1.06. The summed E-state index contributed by atoms with van der Waals surface area (Å²) in [6.45, 7) is 2.25. The van der Waals surface area contributed by atoms with Crippen LogP contribution < -0.4 is 4.83 Å². The van der Waals surface area contributed by atoms with Gasteiger partial charge in [0, 0.05) is 18.1 Å². The average Bonchev–Trinajstić information content (AvgIpc) is 2.65. The van der Waals surface area contributed by atoms with Crippen molar-refractivity contribution >= 4 is 17.7 Å². The minimum atomic E-state index is 0.770. The molecule has 1 N–H and O–H groups in total. The molecule has 2 aromatic rings. The molecule has 5 heteroatoms. The lowest BCUT2D eigenvalue weighted by Crippen LogP contribution is -2.11. The maximum absolute atomic E-state index is 4.52. The van der Waals surface area contributed by atoms with Gasteiger partial charge in [0.15, 0.2) is 0 Å². The van der Waals surface area contributed by atoms with Gasteiger partial charge in [-0.2, -0.15) is 5.10 Å². The number of unbranched alkanes of at least 4 members (excludes halogenated alkanes) is 5. The first-order chi connectivity index (χ1) is 11.9. The number of aromatic nitrogens is 2. The number of nitrogens with one attached hydrogen (secondary N) is 1. The Morgan fingerprint density at radius 3 is 2.12 bits per heavy atom. The van der Waals surface area contributed by atoms with Crippen molar-refractivity contribution in [2.24, 2.45) is 5.10 Å². The molecule has 2 aromatic heterocycles. The van der Waals surface area contributed by atoms with E-state index in [0.29, 0.717) is 0 Å². The second-order valence-corrected chi connectivity index (χ2v) is 6.48. The normalized spacial score (nSPS) is 10.4. The molecular weight excluding hydrogens is 316 g/mol. The molecule has 0 aromatic carbocycles. The molecule has 2 heterocycles. The highest BCUT2D eigenvalue weighted by Gasteiger charge is 2.09. The van der Waals surface area contributed by atoms with Gasteiger partial charge in [-0.25, -0.2) is 0 Å². The van der Waals surface area contributed by atoms with Gasteiger partial charge in [-0.05, 0) is 42.6 Å². The molecule has 128 valence electrons. The number of pyridine rings is 2. The number of nitrogens with zero attached hydrogens (tertiary/aromatic N) is 3. The fraction of sp³-hybridized carbons (Fsp3) is 0.421. The molecule has 0 unspecified atom stereocenters. The van der Waals surface area contributed by atoms with E-state index in [9.17, 15) is 0 Å². The molecule has 2 rings (SSSR count). The van der Waals surface area contributed by atoms with Gasteiger partial charge < -0.3 is 0 Å². The van der Waals surface area contributed by atoms with Gasteiger partial charge in [-0.1, -0.05) is 51.2 Å². The zero-order valence-corrected chi connectivity index (χ0v) is 15.1. The third-order valence-electron chi connectivity index (χ3n) is 3.64. The molecule has 0 aliphatic rings. The van der Waals surface area contributed by atoms with E-state index in [1.54, 1.807) is 24.3 Å². The van der Waals surface area contributed by atoms with Gasteiger partial charge in [0.1, 0.15) is 5.71 Å². The van der Waals surface area contributed by atoms with Crippen LogP contribution in [0.3, 0.4) is 0 Å². The SMILES string of the molecule is CCCCCCCCSNN=C(c1ccccn1)c1ccccn1. The summed E-state index contributed by atoms with van der Waals surface area (Å²) in [6.07, 6.45) is 11.4. The van der Waals surface area contributed by atoms with Crippen molar-refractivity contribution in [2.45, 2.75) is 45.4 Å². The minimum absolute atomic E-state index is 0.770. The van der Waals surface area contributed by atoms with Crippen molar-refractivity contribution in [2.75, 3.05) is 5.75 Å². The quantitative estimate of drug-likeness (QED) is 0.275. The van der Waals surface area contributed by atoms with E-state index in [1.807, 2.05) is 36.4 Å². The van der Waals surface area contributed by atoms with Crippen LogP contribution in [0, 0.1) is 0 Å². The molecular formula is C19H26N4S. The van der Waals surface area contributed by atoms with Crippen LogP contribution in [-0.2, 0) is 0 Å². The second kappa shape index (κ2) is 11.6. The molecule has 24 heavy (non-hydrogen) atoms. The van der Waals surface area contributed by atoms with Crippen LogP contribution in [0.1, 0.15) is 56.8 Å². The Hall–Kier alpha value is -1.88. The van der Waals surface area contributed by atoms with E-state index in [1.165, 1.54) is 38.5 Å². The molecule has 0 saturated heterocycles. The molecule has 0 amide bonds. The fourth-order valence-electron chi connectivity index (χ4n) is 2.33. The van der Waals surface area contributed by atoms with Gasteiger partial charge in [0.25, 0.3) is 0 Å². The molecule has 0 spiro atoms. The Kier molecular flexibility index (Phi) is 8.94. The first-order valence-electron chi connectivity index (χ1n) is 8.69. The molecule has 0 aliphatic carbocycles. The summed E-state index contributed by atoms with van der Waals surface area (Å²) in [6, 6.07) is 11.6. The van der Waals surface area contributed by atoms with Crippen molar-refractivity contribution in [3.05, 3.63) is 60.2 Å². The summed E-state index contributed by atoms with van der Waals surface area (Å²) >= 11 is 1.64. The third-order valence-corrected chi connectivity index (χ3v) is 4.35. The molecule has 0 radical (unpaired) electrons. The first kappa shape index (κ1) is 18.5. The number of hydrogen-bond donors (Lipinski definition) is 1. The Morgan fingerprint density at radius 1 is 0.917 bits per heavy atom. The zero-order chi connectivity index (χ0) is 16.9. The van der Waals surface area contributed by atoms with Crippen molar-refractivity contribution < 1.29 is 0 Å².